The molecule has 0 radical (unpaired) electrons. The number of morpholine rings is 1. The first-order chi connectivity index (χ1) is 12.6. The van der Waals surface area contributed by atoms with Gasteiger partial charge in [-0.1, -0.05) is 18.2 Å². The van der Waals surface area contributed by atoms with Crippen LogP contribution in [0.15, 0.2) is 36.4 Å². The lowest BCUT2D eigenvalue weighted by atomic mass is 10.0. The molecule has 1 aliphatic rings. The zero-order chi connectivity index (χ0) is 18.5. The third kappa shape index (κ3) is 4.05. The standard InChI is InChI=1S/C19H22N2O5/c1-24-16-6-5-13-9-15(4-3-14(13)10-16)17-12-21(7-8-26-17)18(22)11-20-19(23)25-2/h3-6,9-10,17H,7-8,11-12H2,1-2H3,(H,20,23)/t17-/m1/s1. The molecule has 0 aliphatic carbocycles. The lowest BCUT2D eigenvalue weighted by molar-refractivity contribution is -0.137. The van der Waals surface area contributed by atoms with Crippen LogP contribution >= 0.6 is 0 Å². The number of rotatable bonds is 4. The molecule has 138 valence electrons. The summed E-state index contributed by atoms with van der Waals surface area (Å²) in [6.45, 7) is 1.32. The lowest BCUT2D eigenvalue weighted by Gasteiger charge is -2.33. The Morgan fingerprint density at radius 2 is 1.96 bits per heavy atom. The van der Waals surface area contributed by atoms with Crippen molar-refractivity contribution in [3.05, 3.63) is 42.0 Å². The van der Waals surface area contributed by atoms with Gasteiger partial charge < -0.3 is 24.4 Å². The van der Waals surface area contributed by atoms with E-state index >= 15 is 0 Å². The quantitative estimate of drug-likeness (QED) is 0.906. The zero-order valence-electron chi connectivity index (χ0n) is 14.9. The number of benzene rings is 2. The van der Waals surface area contributed by atoms with Crippen molar-refractivity contribution in [2.45, 2.75) is 6.10 Å². The van der Waals surface area contributed by atoms with Crippen LogP contribution in [0.4, 0.5) is 4.79 Å². The Hall–Kier alpha value is -2.80. The Labute approximate surface area is 151 Å². The largest absolute Gasteiger partial charge is 0.497 e. The molecule has 2 aromatic carbocycles. The van der Waals surface area contributed by atoms with E-state index in [0.29, 0.717) is 19.7 Å². The molecule has 0 aromatic heterocycles. The summed E-state index contributed by atoms with van der Waals surface area (Å²) >= 11 is 0. The van der Waals surface area contributed by atoms with E-state index < -0.39 is 6.09 Å². The topological polar surface area (TPSA) is 77.1 Å². The number of nitrogens with zero attached hydrogens (tertiary/aromatic N) is 1. The second-order valence-corrected chi connectivity index (χ2v) is 6.02. The van der Waals surface area contributed by atoms with Gasteiger partial charge in [-0.05, 0) is 34.5 Å². The van der Waals surface area contributed by atoms with Crippen molar-refractivity contribution in [2.24, 2.45) is 0 Å². The van der Waals surface area contributed by atoms with Gasteiger partial charge in [0.2, 0.25) is 5.91 Å². The second kappa shape index (κ2) is 8.05. The average Bonchev–Trinajstić information content (AvgIpc) is 2.70. The Bertz CT molecular complexity index is 808. The average molecular weight is 358 g/mol. The van der Waals surface area contributed by atoms with E-state index in [1.165, 1.54) is 7.11 Å². The maximum Gasteiger partial charge on any atom is 0.407 e. The second-order valence-electron chi connectivity index (χ2n) is 6.02. The number of hydrogen-bond acceptors (Lipinski definition) is 5. The highest BCUT2D eigenvalue weighted by atomic mass is 16.5. The highest BCUT2D eigenvalue weighted by molar-refractivity contribution is 5.85. The minimum atomic E-state index is -0.617. The Kier molecular flexibility index (Phi) is 5.58. The Morgan fingerprint density at radius 1 is 1.19 bits per heavy atom. The summed E-state index contributed by atoms with van der Waals surface area (Å²) in [6, 6.07) is 12.0. The number of amides is 2. The van der Waals surface area contributed by atoms with Crippen LogP contribution in [0, 0.1) is 0 Å². The summed E-state index contributed by atoms with van der Waals surface area (Å²) in [7, 11) is 2.91. The van der Waals surface area contributed by atoms with Crippen LogP contribution in [0.25, 0.3) is 10.8 Å². The van der Waals surface area contributed by atoms with Gasteiger partial charge in [-0.2, -0.15) is 0 Å². The molecule has 0 bridgehead atoms. The minimum Gasteiger partial charge on any atom is -0.497 e. The molecule has 1 atom stereocenters. The van der Waals surface area contributed by atoms with Gasteiger partial charge in [0.1, 0.15) is 18.4 Å². The van der Waals surface area contributed by atoms with E-state index in [1.54, 1.807) is 12.0 Å². The van der Waals surface area contributed by atoms with Crippen molar-refractivity contribution in [1.82, 2.24) is 10.2 Å². The van der Waals surface area contributed by atoms with Crippen LogP contribution in [-0.2, 0) is 14.3 Å². The van der Waals surface area contributed by atoms with Crippen LogP contribution in [0.1, 0.15) is 11.7 Å². The maximum absolute atomic E-state index is 12.3. The number of carbonyl (C=O) groups is 2. The normalized spacial score (nSPS) is 17.0. The molecule has 3 rings (SSSR count). The van der Waals surface area contributed by atoms with E-state index in [2.05, 4.69) is 16.1 Å². The molecule has 7 heteroatoms. The van der Waals surface area contributed by atoms with Crippen LogP contribution in [0.2, 0.25) is 0 Å². The third-order valence-electron chi connectivity index (χ3n) is 4.43. The third-order valence-corrected chi connectivity index (χ3v) is 4.43. The fourth-order valence-corrected chi connectivity index (χ4v) is 2.98. The monoisotopic (exact) mass is 358 g/mol. The summed E-state index contributed by atoms with van der Waals surface area (Å²) in [4.78, 5) is 25.1. The Morgan fingerprint density at radius 3 is 2.73 bits per heavy atom. The van der Waals surface area contributed by atoms with Gasteiger partial charge in [-0.15, -0.1) is 0 Å². The van der Waals surface area contributed by atoms with Gasteiger partial charge in [0, 0.05) is 6.54 Å². The van der Waals surface area contributed by atoms with Gasteiger partial charge in [-0.3, -0.25) is 4.79 Å². The van der Waals surface area contributed by atoms with Crippen LogP contribution in [0.3, 0.4) is 0 Å². The van der Waals surface area contributed by atoms with Crippen molar-refractivity contribution in [1.29, 1.82) is 0 Å². The molecular weight excluding hydrogens is 336 g/mol. The van der Waals surface area contributed by atoms with Crippen LogP contribution < -0.4 is 10.1 Å². The molecular formula is C19H22N2O5. The Balaban J connectivity index is 1.69. The number of fused-ring (bicyclic) bond motifs is 1. The minimum absolute atomic E-state index is 0.0864. The van der Waals surface area contributed by atoms with Gasteiger partial charge in [-0.25, -0.2) is 4.79 Å². The zero-order valence-corrected chi connectivity index (χ0v) is 14.9. The van der Waals surface area contributed by atoms with Crippen molar-refractivity contribution < 1.29 is 23.8 Å². The first-order valence-electron chi connectivity index (χ1n) is 8.39. The van der Waals surface area contributed by atoms with E-state index in [9.17, 15) is 9.59 Å². The highest BCUT2D eigenvalue weighted by Gasteiger charge is 2.25. The van der Waals surface area contributed by atoms with E-state index in [1.807, 2.05) is 30.3 Å². The van der Waals surface area contributed by atoms with Crippen LogP contribution in [-0.4, -0.2) is 57.4 Å². The number of ether oxygens (including phenoxy) is 3. The van der Waals surface area contributed by atoms with E-state index in [-0.39, 0.29) is 18.6 Å². The number of carbonyl (C=O) groups excluding carboxylic acids is 2. The predicted octanol–water partition coefficient (Wildman–Crippen LogP) is 2.10. The number of hydrogen-bond donors (Lipinski definition) is 1. The first-order valence-corrected chi connectivity index (χ1v) is 8.39. The molecule has 1 aliphatic heterocycles. The molecule has 0 saturated carbocycles. The molecule has 0 spiro atoms. The number of nitrogens with one attached hydrogen (secondary N) is 1. The molecule has 2 aromatic rings. The number of alkyl carbamates (subject to hydrolysis) is 1. The van der Waals surface area contributed by atoms with Gasteiger partial charge in [0.15, 0.2) is 0 Å². The van der Waals surface area contributed by atoms with E-state index in [0.717, 1.165) is 22.1 Å². The maximum atomic E-state index is 12.3. The molecule has 1 N–H and O–H groups in total. The van der Waals surface area contributed by atoms with Crippen LogP contribution in [0.5, 0.6) is 5.75 Å². The molecule has 26 heavy (non-hydrogen) atoms. The summed E-state index contributed by atoms with van der Waals surface area (Å²) in [5.41, 5.74) is 1.01. The SMILES string of the molecule is COC(=O)NCC(=O)N1CCO[C@@H](c2ccc3cc(OC)ccc3c2)C1. The number of methoxy groups -OCH3 is 2. The molecule has 1 heterocycles. The first kappa shape index (κ1) is 18.0. The van der Waals surface area contributed by atoms with Gasteiger partial charge >= 0.3 is 6.09 Å². The fraction of sp³-hybridized carbons (Fsp3) is 0.368. The van der Waals surface area contributed by atoms with Crippen molar-refractivity contribution >= 4 is 22.8 Å². The summed E-state index contributed by atoms with van der Waals surface area (Å²) in [5, 5.41) is 4.58. The van der Waals surface area contributed by atoms with Crippen molar-refractivity contribution in [3.63, 3.8) is 0 Å². The summed E-state index contributed by atoms with van der Waals surface area (Å²) < 4.78 is 15.6. The fourth-order valence-electron chi connectivity index (χ4n) is 2.98. The van der Waals surface area contributed by atoms with Gasteiger partial charge in [0.25, 0.3) is 0 Å². The smallest absolute Gasteiger partial charge is 0.407 e. The molecule has 1 fully saturated rings. The van der Waals surface area contributed by atoms with Crippen molar-refractivity contribution in [3.8, 4) is 5.75 Å². The molecule has 0 unspecified atom stereocenters. The predicted molar refractivity (Wildman–Crippen MR) is 96.2 cm³/mol. The highest BCUT2D eigenvalue weighted by Crippen LogP contribution is 2.27. The molecule has 7 nitrogen and oxygen atoms in total. The molecule has 1 saturated heterocycles. The lowest BCUT2D eigenvalue weighted by Crippen LogP contribution is -2.46. The van der Waals surface area contributed by atoms with Gasteiger partial charge in [0.05, 0.1) is 27.4 Å². The summed E-state index contributed by atoms with van der Waals surface area (Å²) in [5.74, 6) is 0.656. The summed E-state index contributed by atoms with van der Waals surface area (Å²) in [6.07, 6.45) is -0.814. The van der Waals surface area contributed by atoms with E-state index in [4.69, 9.17) is 9.47 Å². The van der Waals surface area contributed by atoms with Crippen molar-refractivity contribution in [2.75, 3.05) is 40.5 Å². The molecule has 2 amide bonds.